The molecule has 1 heterocycles. The fourth-order valence-electron chi connectivity index (χ4n) is 1.01. The van der Waals surface area contributed by atoms with Crippen molar-refractivity contribution in [1.29, 1.82) is 0 Å². The summed E-state index contributed by atoms with van der Waals surface area (Å²) >= 11 is 0. The second-order valence-electron chi connectivity index (χ2n) is 3.26. The highest BCUT2D eigenvalue weighted by molar-refractivity contribution is 5.06. The molecule has 1 rings (SSSR count). The Bertz CT molecular complexity index is 292. The van der Waals surface area contributed by atoms with Gasteiger partial charge in [0.05, 0.1) is 17.6 Å². The van der Waals surface area contributed by atoms with Crippen LogP contribution in [0.15, 0.2) is 24.5 Å². The van der Waals surface area contributed by atoms with Gasteiger partial charge in [0.15, 0.2) is 0 Å². The standard InChI is InChI=1S/C10H14N2O/c1-7(2)4-10(13)9-6-11-8(3)5-12-9/h5-6,10,13H,1,4H2,2-3H3. The maximum absolute atomic E-state index is 9.62. The molecule has 1 unspecified atom stereocenters. The van der Waals surface area contributed by atoms with Gasteiger partial charge in [-0.1, -0.05) is 5.57 Å². The molecule has 1 aromatic heterocycles. The smallest absolute Gasteiger partial charge is 0.101 e. The highest BCUT2D eigenvalue weighted by Gasteiger charge is 2.08. The molecule has 0 saturated carbocycles. The number of nitrogens with zero attached hydrogens (tertiary/aromatic N) is 2. The van der Waals surface area contributed by atoms with Crippen LogP contribution in [0.1, 0.15) is 30.8 Å². The first-order chi connectivity index (χ1) is 6.09. The lowest BCUT2D eigenvalue weighted by Gasteiger charge is -2.08. The number of aliphatic hydroxyl groups is 1. The van der Waals surface area contributed by atoms with Crippen LogP contribution in [0.3, 0.4) is 0 Å². The predicted molar refractivity (Wildman–Crippen MR) is 51.2 cm³/mol. The normalized spacial score (nSPS) is 12.5. The van der Waals surface area contributed by atoms with E-state index in [0.717, 1.165) is 11.3 Å². The largest absolute Gasteiger partial charge is 0.386 e. The fraction of sp³-hybridized carbons (Fsp3) is 0.400. The lowest BCUT2D eigenvalue weighted by molar-refractivity contribution is 0.173. The van der Waals surface area contributed by atoms with Crippen LogP contribution in [0.25, 0.3) is 0 Å². The summed E-state index contributed by atoms with van der Waals surface area (Å²) in [7, 11) is 0. The number of aryl methyl sites for hydroxylation is 1. The molecule has 0 aliphatic carbocycles. The Labute approximate surface area is 78.2 Å². The third-order valence-electron chi connectivity index (χ3n) is 1.68. The fourth-order valence-corrected chi connectivity index (χ4v) is 1.01. The topological polar surface area (TPSA) is 46.0 Å². The van der Waals surface area contributed by atoms with Crippen LogP contribution in [-0.4, -0.2) is 15.1 Å². The lowest BCUT2D eigenvalue weighted by Crippen LogP contribution is -2.01. The average Bonchev–Trinajstić information content (AvgIpc) is 2.04. The Hall–Kier alpha value is -1.22. The molecule has 0 bridgehead atoms. The quantitative estimate of drug-likeness (QED) is 0.718. The van der Waals surface area contributed by atoms with E-state index >= 15 is 0 Å². The van der Waals surface area contributed by atoms with Crippen LogP contribution in [-0.2, 0) is 0 Å². The van der Waals surface area contributed by atoms with E-state index in [4.69, 9.17) is 0 Å². The minimum absolute atomic E-state index is 0.539. The zero-order valence-electron chi connectivity index (χ0n) is 7.99. The Morgan fingerprint density at radius 2 is 2.23 bits per heavy atom. The van der Waals surface area contributed by atoms with E-state index in [1.165, 1.54) is 0 Å². The molecule has 1 atom stereocenters. The molecule has 1 N–H and O–H groups in total. The second kappa shape index (κ2) is 4.14. The van der Waals surface area contributed by atoms with E-state index in [9.17, 15) is 5.11 Å². The summed E-state index contributed by atoms with van der Waals surface area (Å²) in [6.07, 6.45) is 3.21. The van der Waals surface area contributed by atoms with Crippen LogP contribution in [0, 0.1) is 6.92 Å². The zero-order chi connectivity index (χ0) is 9.84. The van der Waals surface area contributed by atoms with Crippen LogP contribution in [0.2, 0.25) is 0 Å². The summed E-state index contributed by atoms with van der Waals surface area (Å²) < 4.78 is 0. The first-order valence-electron chi connectivity index (χ1n) is 4.20. The number of hydrogen-bond acceptors (Lipinski definition) is 3. The lowest BCUT2D eigenvalue weighted by atomic mass is 10.1. The SMILES string of the molecule is C=C(C)CC(O)c1cnc(C)cn1. The molecule has 0 aromatic carbocycles. The van der Waals surface area contributed by atoms with Gasteiger partial charge in [0.2, 0.25) is 0 Å². The Balaban J connectivity index is 2.71. The van der Waals surface area contributed by atoms with Gasteiger partial charge >= 0.3 is 0 Å². The van der Waals surface area contributed by atoms with E-state index < -0.39 is 6.10 Å². The molecule has 70 valence electrons. The molecule has 0 radical (unpaired) electrons. The van der Waals surface area contributed by atoms with Gasteiger partial charge < -0.3 is 5.11 Å². The number of aliphatic hydroxyl groups excluding tert-OH is 1. The highest BCUT2D eigenvalue weighted by atomic mass is 16.3. The first-order valence-corrected chi connectivity index (χ1v) is 4.20. The van der Waals surface area contributed by atoms with E-state index in [0.29, 0.717) is 12.1 Å². The Kier molecular flexibility index (Phi) is 3.14. The Morgan fingerprint density at radius 3 is 2.69 bits per heavy atom. The molecule has 3 nitrogen and oxygen atoms in total. The molecule has 0 aliphatic heterocycles. The van der Waals surface area contributed by atoms with Gasteiger partial charge in [-0.05, 0) is 20.3 Å². The van der Waals surface area contributed by atoms with Crippen molar-refractivity contribution in [3.63, 3.8) is 0 Å². The van der Waals surface area contributed by atoms with Gasteiger partial charge in [0, 0.05) is 6.20 Å². The maximum Gasteiger partial charge on any atom is 0.101 e. The van der Waals surface area contributed by atoms with Crippen LogP contribution >= 0.6 is 0 Å². The molecule has 0 amide bonds. The van der Waals surface area contributed by atoms with E-state index in [1.807, 2.05) is 13.8 Å². The zero-order valence-corrected chi connectivity index (χ0v) is 7.99. The molecule has 3 heteroatoms. The molecular formula is C10H14N2O. The molecular weight excluding hydrogens is 164 g/mol. The summed E-state index contributed by atoms with van der Waals surface area (Å²) in [5.74, 6) is 0. The number of hydrogen-bond donors (Lipinski definition) is 1. The molecule has 0 fully saturated rings. The Morgan fingerprint density at radius 1 is 1.54 bits per heavy atom. The third-order valence-corrected chi connectivity index (χ3v) is 1.68. The third kappa shape index (κ3) is 2.95. The minimum atomic E-state index is -0.578. The van der Waals surface area contributed by atoms with Crippen molar-refractivity contribution in [1.82, 2.24) is 9.97 Å². The van der Waals surface area contributed by atoms with Crippen LogP contribution in [0.4, 0.5) is 0 Å². The van der Waals surface area contributed by atoms with Gasteiger partial charge in [-0.15, -0.1) is 6.58 Å². The van der Waals surface area contributed by atoms with Gasteiger partial charge in [-0.3, -0.25) is 9.97 Å². The van der Waals surface area contributed by atoms with Gasteiger partial charge in [0.25, 0.3) is 0 Å². The predicted octanol–water partition coefficient (Wildman–Crippen LogP) is 1.78. The second-order valence-corrected chi connectivity index (χ2v) is 3.26. The van der Waals surface area contributed by atoms with Crippen molar-refractivity contribution in [2.75, 3.05) is 0 Å². The average molecular weight is 178 g/mol. The molecule has 0 saturated heterocycles. The maximum atomic E-state index is 9.62. The van der Waals surface area contributed by atoms with E-state index in [2.05, 4.69) is 16.5 Å². The van der Waals surface area contributed by atoms with E-state index in [-0.39, 0.29) is 0 Å². The van der Waals surface area contributed by atoms with Crippen LogP contribution in [0.5, 0.6) is 0 Å². The summed E-state index contributed by atoms with van der Waals surface area (Å²) in [4.78, 5) is 8.13. The van der Waals surface area contributed by atoms with Gasteiger partial charge in [-0.25, -0.2) is 0 Å². The van der Waals surface area contributed by atoms with Crippen molar-refractivity contribution in [3.05, 3.63) is 35.9 Å². The summed E-state index contributed by atoms with van der Waals surface area (Å²) in [5.41, 5.74) is 2.40. The minimum Gasteiger partial charge on any atom is -0.386 e. The molecule has 13 heavy (non-hydrogen) atoms. The number of aromatic nitrogens is 2. The van der Waals surface area contributed by atoms with Crippen molar-refractivity contribution in [2.45, 2.75) is 26.4 Å². The van der Waals surface area contributed by atoms with Crippen molar-refractivity contribution in [3.8, 4) is 0 Å². The first kappa shape index (κ1) is 9.86. The monoisotopic (exact) mass is 178 g/mol. The summed E-state index contributed by atoms with van der Waals surface area (Å²) in [6.45, 7) is 7.47. The number of rotatable bonds is 3. The summed E-state index contributed by atoms with van der Waals surface area (Å²) in [6, 6.07) is 0. The molecule has 1 aromatic rings. The van der Waals surface area contributed by atoms with Gasteiger partial charge in [0.1, 0.15) is 6.10 Å². The van der Waals surface area contributed by atoms with E-state index in [1.54, 1.807) is 12.4 Å². The van der Waals surface area contributed by atoms with Crippen molar-refractivity contribution >= 4 is 0 Å². The highest BCUT2D eigenvalue weighted by Crippen LogP contribution is 2.16. The van der Waals surface area contributed by atoms with Crippen molar-refractivity contribution in [2.24, 2.45) is 0 Å². The van der Waals surface area contributed by atoms with Gasteiger partial charge in [-0.2, -0.15) is 0 Å². The van der Waals surface area contributed by atoms with Crippen LogP contribution < -0.4 is 0 Å². The molecule has 0 spiro atoms. The molecule has 0 aliphatic rings. The summed E-state index contributed by atoms with van der Waals surface area (Å²) in [5, 5.41) is 9.62. The van der Waals surface area contributed by atoms with Crippen molar-refractivity contribution < 1.29 is 5.11 Å².